The lowest BCUT2D eigenvalue weighted by Crippen LogP contribution is -2.54. The van der Waals surface area contributed by atoms with E-state index in [-0.39, 0.29) is 11.9 Å². The summed E-state index contributed by atoms with van der Waals surface area (Å²) in [5, 5.41) is 0. The summed E-state index contributed by atoms with van der Waals surface area (Å²) in [4.78, 5) is 28.0. The number of carbonyl (C=O) groups excluding carboxylic acids is 2. The molecular formula is C19H22N2O2. The van der Waals surface area contributed by atoms with Gasteiger partial charge in [-0.25, -0.2) is 0 Å². The molecule has 1 aromatic carbocycles. The van der Waals surface area contributed by atoms with E-state index in [1.165, 1.54) is 5.69 Å². The minimum absolute atomic E-state index is 0.0708. The van der Waals surface area contributed by atoms with E-state index in [1.807, 2.05) is 30.0 Å². The first-order valence-corrected chi connectivity index (χ1v) is 8.06. The van der Waals surface area contributed by atoms with Gasteiger partial charge in [0.2, 0.25) is 5.91 Å². The summed E-state index contributed by atoms with van der Waals surface area (Å²) in [6.07, 6.45) is 3.19. The van der Waals surface area contributed by atoms with Crippen LogP contribution in [0.2, 0.25) is 0 Å². The van der Waals surface area contributed by atoms with Crippen LogP contribution in [-0.2, 0) is 9.59 Å². The number of hydrogen-bond acceptors (Lipinski definition) is 3. The Bertz CT molecular complexity index is 676. The van der Waals surface area contributed by atoms with Crippen LogP contribution in [0, 0.1) is 0 Å². The van der Waals surface area contributed by atoms with Gasteiger partial charge >= 0.3 is 0 Å². The summed E-state index contributed by atoms with van der Waals surface area (Å²) in [5.74, 6) is 0.0708. The Morgan fingerprint density at radius 2 is 1.96 bits per heavy atom. The van der Waals surface area contributed by atoms with Gasteiger partial charge in [0.1, 0.15) is 6.29 Å². The van der Waals surface area contributed by atoms with Crippen molar-refractivity contribution >= 4 is 17.9 Å². The van der Waals surface area contributed by atoms with Crippen molar-refractivity contribution < 1.29 is 9.59 Å². The average molecular weight is 310 g/mol. The van der Waals surface area contributed by atoms with Gasteiger partial charge in [0, 0.05) is 42.5 Å². The van der Waals surface area contributed by atoms with Gasteiger partial charge in [-0.1, -0.05) is 23.8 Å². The third kappa shape index (κ3) is 3.07. The zero-order valence-electron chi connectivity index (χ0n) is 13.7. The number of anilines is 1. The van der Waals surface area contributed by atoms with E-state index in [2.05, 4.69) is 24.0 Å². The number of piperazine rings is 1. The molecule has 1 amide bonds. The van der Waals surface area contributed by atoms with Crippen LogP contribution in [0.5, 0.6) is 0 Å². The first-order valence-electron chi connectivity index (χ1n) is 8.06. The molecule has 3 rings (SSSR count). The second-order valence-corrected chi connectivity index (χ2v) is 6.33. The topological polar surface area (TPSA) is 40.6 Å². The normalized spacial score (nSPS) is 21.5. The molecule has 1 atom stereocenters. The zero-order chi connectivity index (χ0) is 16.4. The molecule has 2 aliphatic rings. The maximum absolute atomic E-state index is 12.8. The molecule has 1 aliphatic carbocycles. The fourth-order valence-electron chi connectivity index (χ4n) is 3.34. The van der Waals surface area contributed by atoms with Gasteiger partial charge in [-0.05, 0) is 38.5 Å². The van der Waals surface area contributed by atoms with Gasteiger partial charge in [0.25, 0.3) is 0 Å². The molecule has 4 nitrogen and oxygen atoms in total. The maximum atomic E-state index is 12.8. The summed E-state index contributed by atoms with van der Waals surface area (Å²) < 4.78 is 0. The highest BCUT2D eigenvalue weighted by molar-refractivity contribution is 5.98. The van der Waals surface area contributed by atoms with Gasteiger partial charge in [-0.3, -0.25) is 9.59 Å². The molecule has 23 heavy (non-hydrogen) atoms. The molecule has 0 bridgehead atoms. The number of allylic oxidation sites excluding steroid dienone is 3. The minimum Gasteiger partial charge on any atom is -0.368 e. The monoisotopic (exact) mass is 310 g/mol. The lowest BCUT2D eigenvalue weighted by atomic mass is 10.1. The first kappa shape index (κ1) is 15.5. The molecular weight excluding hydrogens is 288 g/mol. The molecule has 120 valence electrons. The van der Waals surface area contributed by atoms with Crippen LogP contribution < -0.4 is 4.90 Å². The number of amides is 1. The van der Waals surface area contributed by atoms with E-state index < -0.39 is 0 Å². The van der Waals surface area contributed by atoms with Gasteiger partial charge in [0.05, 0.1) is 0 Å². The van der Waals surface area contributed by atoms with Crippen LogP contribution in [0.3, 0.4) is 0 Å². The summed E-state index contributed by atoms with van der Waals surface area (Å²) >= 11 is 0. The van der Waals surface area contributed by atoms with Crippen molar-refractivity contribution in [2.75, 3.05) is 24.5 Å². The van der Waals surface area contributed by atoms with E-state index in [9.17, 15) is 9.59 Å². The van der Waals surface area contributed by atoms with Crippen LogP contribution in [0.15, 0.2) is 53.1 Å². The predicted molar refractivity (Wildman–Crippen MR) is 91.3 cm³/mol. The molecule has 4 heteroatoms. The molecule has 1 saturated heterocycles. The Morgan fingerprint density at radius 1 is 1.22 bits per heavy atom. The molecule has 0 aromatic heterocycles. The third-order valence-electron chi connectivity index (χ3n) is 4.69. The van der Waals surface area contributed by atoms with Crippen molar-refractivity contribution in [2.45, 2.75) is 26.3 Å². The smallest absolute Gasteiger partial charge is 0.250 e. The zero-order valence-corrected chi connectivity index (χ0v) is 13.7. The SMILES string of the molecule is CC1=C(C=O)C=C(C(=O)N2CCN(c3ccccc3)C[C@@H]2C)C1. The van der Waals surface area contributed by atoms with Gasteiger partial charge in [-0.2, -0.15) is 0 Å². The Labute approximate surface area is 137 Å². The van der Waals surface area contributed by atoms with Gasteiger partial charge in [0.15, 0.2) is 0 Å². The van der Waals surface area contributed by atoms with Crippen LogP contribution in [0.1, 0.15) is 20.3 Å². The standard InChI is InChI=1S/C19H22N2O2/c1-14-10-16(11-17(14)13-22)19(23)21-9-8-20(12-15(21)2)18-6-4-3-5-7-18/h3-7,11,13,15H,8-10,12H2,1-2H3/t15-/m0/s1. The summed E-state index contributed by atoms with van der Waals surface area (Å²) in [6, 6.07) is 10.4. The van der Waals surface area contributed by atoms with Gasteiger partial charge in [-0.15, -0.1) is 0 Å². The van der Waals surface area contributed by atoms with Crippen LogP contribution in [-0.4, -0.2) is 42.8 Å². The van der Waals surface area contributed by atoms with Crippen molar-refractivity contribution in [2.24, 2.45) is 0 Å². The summed E-state index contributed by atoms with van der Waals surface area (Å²) in [5.41, 5.74) is 3.58. The maximum Gasteiger partial charge on any atom is 0.250 e. The second kappa shape index (κ2) is 6.41. The molecule has 0 unspecified atom stereocenters. The first-order chi connectivity index (χ1) is 11.1. The number of benzene rings is 1. The molecule has 1 fully saturated rings. The molecule has 0 spiro atoms. The number of carbonyl (C=O) groups is 2. The summed E-state index contributed by atoms with van der Waals surface area (Å²) in [6.45, 7) is 6.37. The van der Waals surface area contributed by atoms with Crippen molar-refractivity contribution in [3.05, 3.63) is 53.1 Å². The number of aldehydes is 1. The quantitative estimate of drug-likeness (QED) is 0.806. The Kier molecular flexibility index (Phi) is 4.33. The molecule has 0 N–H and O–H groups in total. The van der Waals surface area contributed by atoms with Crippen molar-refractivity contribution in [3.8, 4) is 0 Å². The molecule has 1 heterocycles. The predicted octanol–water partition coefficient (Wildman–Crippen LogP) is 2.57. The Morgan fingerprint density at radius 3 is 2.57 bits per heavy atom. The minimum atomic E-state index is 0.0708. The van der Waals surface area contributed by atoms with Crippen LogP contribution >= 0.6 is 0 Å². The largest absolute Gasteiger partial charge is 0.368 e. The van der Waals surface area contributed by atoms with Crippen molar-refractivity contribution in [3.63, 3.8) is 0 Å². The second-order valence-electron chi connectivity index (χ2n) is 6.33. The molecule has 0 saturated carbocycles. The molecule has 1 aliphatic heterocycles. The number of para-hydroxylation sites is 1. The third-order valence-corrected chi connectivity index (χ3v) is 4.69. The molecule has 0 radical (unpaired) electrons. The number of nitrogens with zero attached hydrogens (tertiary/aromatic N) is 2. The highest BCUT2D eigenvalue weighted by Crippen LogP contribution is 2.27. The lowest BCUT2D eigenvalue weighted by molar-refractivity contribution is -0.129. The van der Waals surface area contributed by atoms with E-state index in [0.717, 1.165) is 30.5 Å². The van der Waals surface area contributed by atoms with E-state index in [1.54, 1.807) is 6.08 Å². The average Bonchev–Trinajstić information content (AvgIpc) is 2.96. The summed E-state index contributed by atoms with van der Waals surface area (Å²) in [7, 11) is 0. The van der Waals surface area contributed by atoms with Crippen molar-refractivity contribution in [1.29, 1.82) is 0 Å². The Balaban J connectivity index is 1.67. The Hall–Kier alpha value is -2.36. The van der Waals surface area contributed by atoms with E-state index >= 15 is 0 Å². The van der Waals surface area contributed by atoms with E-state index in [4.69, 9.17) is 0 Å². The fourth-order valence-corrected chi connectivity index (χ4v) is 3.34. The van der Waals surface area contributed by atoms with Crippen molar-refractivity contribution in [1.82, 2.24) is 4.90 Å². The highest BCUT2D eigenvalue weighted by Gasteiger charge is 2.30. The van der Waals surface area contributed by atoms with Crippen LogP contribution in [0.25, 0.3) is 0 Å². The van der Waals surface area contributed by atoms with E-state index in [0.29, 0.717) is 18.5 Å². The number of hydrogen-bond donors (Lipinski definition) is 0. The number of rotatable bonds is 3. The fraction of sp³-hybridized carbons (Fsp3) is 0.368. The lowest BCUT2D eigenvalue weighted by Gasteiger charge is -2.41. The van der Waals surface area contributed by atoms with Gasteiger partial charge < -0.3 is 9.80 Å². The van der Waals surface area contributed by atoms with Crippen LogP contribution in [0.4, 0.5) is 5.69 Å². The highest BCUT2D eigenvalue weighted by atomic mass is 16.2. The molecule has 1 aromatic rings.